The summed E-state index contributed by atoms with van der Waals surface area (Å²) < 4.78 is 3.56. The van der Waals surface area contributed by atoms with Crippen LogP contribution in [0.15, 0.2) is 43.4 Å². The topological polar surface area (TPSA) is 0 Å². The molecule has 2 aliphatic rings. The van der Waals surface area contributed by atoms with Gasteiger partial charge in [0.25, 0.3) is 0 Å². The Morgan fingerprint density at radius 1 is 0.882 bits per heavy atom. The first-order valence-electron chi connectivity index (χ1n) is 6.56. The van der Waals surface area contributed by atoms with E-state index in [9.17, 15) is 0 Å². The summed E-state index contributed by atoms with van der Waals surface area (Å²) in [4.78, 5) is 0. The van der Waals surface area contributed by atoms with Gasteiger partial charge in [0.15, 0.2) is 0 Å². The van der Waals surface area contributed by atoms with Gasteiger partial charge in [-0.3, -0.25) is 0 Å². The van der Waals surface area contributed by atoms with E-state index in [4.69, 9.17) is 0 Å². The third-order valence-electron chi connectivity index (χ3n) is 3.34. The molecule has 0 saturated heterocycles. The maximum absolute atomic E-state index is 2.36. The monoisotopic (exact) mass is 316 g/mol. The Balaban J connectivity index is -0.000000810. The summed E-state index contributed by atoms with van der Waals surface area (Å²) in [5, 5.41) is 0. The molecule has 17 heavy (non-hydrogen) atoms. The summed E-state index contributed by atoms with van der Waals surface area (Å²) in [6, 6.07) is 0. The van der Waals surface area contributed by atoms with E-state index >= 15 is 0 Å². The van der Waals surface area contributed by atoms with Crippen molar-refractivity contribution in [2.75, 3.05) is 0 Å². The SMILES string of the molecule is CC(C)C1=[C]([Mo+4][C]2=C(C(C)C)C=CC2)CC=C1.[H-].[H-].[H-].[H-]. The normalized spacial score (nSPS) is 19.2. The molecule has 0 unspecified atom stereocenters. The molecule has 0 aromatic rings. The third-order valence-corrected chi connectivity index (χ3v) is 6.53. The number of rotatable bonds is 4. The summed E-state index contributed by atoms with van der Waals surface area (Å²) in [7, 11) is 0. The first-order chi connectivity index (χ1) is 8.09. The maximum Gasteiger partial charge on any atom is -1.00 e. The Morgan fingerprint density at radius 3 is 1.65 bits per heavy atom. The molecule has 96 valence electrons. The van der Waals surface area contributed by atoms with Gasteiger partial charge in [0.1, 0.15) is 0 Å². The smallest absolute Gasteiger partial charge is 1.00 e. The average molecular weight is 314 g/mol. The van der Waals surface area contributed by atoms with E-state index in [1.807, 2.05) is 0 Å². The molecule has 0 aliphatic heterocycles. The van der Waals surface area contributed by atoms with Crippen LogP contribution in [0.1, 0.15) is 46.2 Å². The zero-order chi connectivity index (χ0) is 12.4. The number of allylic oxidation sites excluding steroid dienone is 8. The van der Waals surface area contributed by atoms with Crippen LogP contribution >= 0.6 is 0 Å². The average Bonchev–Trinajstić information content (AvgIpc) is 2.86. The van der Waals surface area contributed by atoms with E-state index in [-0.39, 0.29) is 24.3 Å². The Labute approximate surface area is 120 Å². The van der Waals surface area contributed by atoms with Gasteiger partial charge in [-0.25, -0.2) is 0 Å². The number of hydrogen-bond acceptors (Lipinski definition) is 0. The molecule has 0 heterocycles. The second kappa shape index (κ2) is 5.53. The van der Waals surface area contributed by atoms with Crippen LogP contribution in [0, 0.1) is 11.8 Å². The largest absolute Gasteiger partial charge is 1.00 e. The van der Waals surface area contributed by atoms with Crippen molar-refractivity contribution >= 4 is 0 Å². The fourth-order valence-electron chi connectivity index (χ4n) is 2.39. The zero-order valence-corrected chi connectivity index (χ0v) is 13.3. The second-order valence-electron chi connectivity index (χ2n) is 5.38. The molecule has 0 fully saturated rings. The van der Waals surface area contributed by atoms with Crippen LogP contribution in [0.4, 0.5) is 0 Å². The van der Waals surface area contributed by atoms with Crippen LogP contribution < -0.4 is 0 Å². The van der Waals surface area contributed by atoms with E-state index in [0.717, 1.165) is 0 Å². The molecule has 0 bridgehead atoms. The Morgan fingerprint density at radius 2 is 1.29 bits per heavy atom. The van der Waals surface area contributed by atoms with Gasteiger partial charge in [-0.15, -0.1) is 0 Å². The molecule has 0 aromatic heterocycles. The van der Waals surface area contributed by atoms with Crippen LogP contribution in [0.25, 0.3) is 0 Å². The molecule has 0 atom stereocenters. The molecule has 0 spiro atoms. The molecule has 0 nitrogen and oxygen atoms in total. The predicted octanol–water partition coefficient (Wildman–Crippen LogP) is 5.26. The number of hydrogen-bond donors (Lipinski definition) is 0. The van der Waals surface area contributed by atoms with Gasteiger partial charge in [-0.05, 0) is 0 Å². The van der Waals surface area contributed by atoms with E-state index < -0.39 is 0 Å². The minimum absolute atomic E-state index is 0. The van der Waals surface area contributed by atoms with Gasteiger partial charge in [-0.2, -0.15) is 0 Å². The van der Waals surface area contributed by atoms with Gasteiger partial charge < -0.3 is 5.71 Å². The minimum atomic E-state index is -0.0938. The molecule has 0 saturated carbocycles. The molecular weight excluding hydrogens is 288 g/mol. The zero-order valence-electron chi connectivity index (χ0n) is 15.3. The van der Waals surface area contributed by atoms with Crippen molar-refractivity contribution in [3.63, 3.8) is 0 Å². The van der Waals surface area contributed by atoms with E-state index in [1.165, 1.54) is 12.8 Å². The van der Waals surface area contributed by atoms with Crippen molar-refractivity contribution in [2.45, 2.75) is 40.5 Å². The summed E-state index contributed by atoms with van der Waals surface area (Å²) in [5.41, 5.74) is 3.27. The maximum atomic E-state index is 2.36. The van der Waals surface area contributed by atoms with Crippen molar-refractivity contribution in [2.24, 2.45) is 11.8 Å². The Bertz CT molecular complexity index is 392. The fraction of sp³-hybridized carbons (Fsp3) is 0.500. The van der Waals surface area contributed by atoms with E-state index in [0.29, 0.717) is 11.8 Å². The summed E-state index contributed by atoms with van der Waals surface area (Å²) in [6.07, 6.45) is 11.9. The van der Waals surface area contributed by atoms with Crippen LogP contribution in [0.2, 0.25) is 0 Å². The summed E-state index contributed by atoms with van der Waals surface area (Å²) in [6.45, 7) is 9.29. The third kappa shape index (κ3) is 2.91. The Hall–Kier alpha value is -0.352. The molecule has 0 aromatic carbocycles. The molecule has 2 rings (SSSR count). The molecule has 2 aliphatic carbocycles. The van der Waals surface area contributed by atoms with Crippen molar-refractivity contribution in [1.82, 2.24) is 0 Å². The van der Waals surface area contributed by atoms with Gasteiger partial charge in [0, 0.05) is 0 Å². The van der Waals surface area contributed by atoms with E-state index in [2.05, 4.69) is 52.0 Å². The van der Waals surface area contributed by atoms with Crippen LogP contribution in [0.3, 0.4) is 0 Å². The quantitative estimate of drug-likeness (QED) is 0.621. The fourth-order valence-corrected chi connectivity index (χ4v) is 6.07. The molecular formula is C16H26Mo. The molecule has 1 heteroatoms. The van der Waals surface area contributed by atoms with Crippen LogP contribution in [-0.2, 0) is 18.6 Å². The van der Waals surface area contributed by atoms with Gasteiger partial charge in [0.2, 0.25) is 0 Å². The van der Waals surface area contributed by atoms with Crippen molar-refractivity contribution in [3.8, 4) is 0 Å². The summed E-state index contributed by atoms with van der Waals surface area (Å²) >= 11 is -0.0938. The van der Waals surface area contributed by atoms with Crippen molar-refractivity contribution in [1.29, 1.82) is 0 Å². The van der Waals surface area contributed by atoms with Crippen molar-refractivity contribution in [3.05, 3.63) is 43.4 Å². The molecule has 0 N–H and O–H groups in total. The van der Waals surface area contributed by atoms with Gasteiger partial charge in [-0.1, -0.05) is 0 Å². The predicted molar refractivity (Wildman–Crippen MR) is 75.7 cm³/mol. The van der Waals surface area contributed by atoms with Crippen LogP contribution in [0.5, 0.6) is 0 Å². The standard InChI is InChI=1S/2C8H11.Mo.4H/c2*1-7(2)8-5-3-4-6-8;;;;;/h2*3,5,7H,4H2,1-2H3;;;;;/q;;+4;4*-1. The summed E-state index contributed by atoms with van der Waals surface area (Å²) in [5.74, 6) is 1.40. The van der Waals surface area contributed by atoms with Gasteiger partial charge in [0.05, 0.1) is 0 Å². The second-order valence-corrected chi connectivity index (χ2v) is 8.31. The first-order valence-corrected chi connectivity index (χ1v) is 8.57. The van der Waals surface area contributed by atoms with E-state index in [1.54, 1.807) is 19.1 Å². The minimum Gasteiger partial charge on any atom is -1.00 e. The Kier molecular flexibility index (Phi) is 4.26. The van der Waals surface area contributed by atoms with Crippen molar-refractivity contribution < 1.29 is 24.3 Å². The first kappa shape index (κ1) is 13.1. The molecule has 0 amide bonds. The van der Waals surface area contributed by atoms with Gasteiger partial charge >= 0.3 is 114 Å². The van der Waals surface area contributed by atoms with Crippen LogP contribution in [-0.4, -0.2) is 0 Å². The molecule has 0 radical (unpaired) electrons.